The lowest BCUT2D eigenvalue weighted by Crippen LogP contribution is -2.02. The first-order chi connectivity index (χ1) is 10.1. The molecule has 0 amide bonds. The zero-order valence-electron chi connectivity index (χ0n) is 10.7. The highest BCUT2D eigenvalue weighted by atomic mass is 35.5. The zero-order chi connectivity index (χ0) is 14.8. The van der Waals surface area contributed by atoms with Crippen LogP contribution in [0.25, 0.3) is 10.9 Å². The molecule has 21 heavy (non-hydrogen) atoms. The summed E-state index contributed by atoms with van der Waals surface area (Å²) in [5.74, 6) is -0.587. The molecule has 3 aromatic rings. The lowest BCUT2D eigenvalue weighted by molar-refractivity contribution is 0.0690. The number of fused-ring (bicyclic) bond motifs is 1. The monoisotopic (exact) mass is 300 g/mol. The summed E-state index contributed by atoms with van der Waals surface area (Å²) >= 11 is 5.76. The third-order valence-corrected chi connectivity index (χ3v) is 3.12. The third-order valence-electron chi connectivity index (χ3n) is 2.81. The maximum atomic E-state index is 11.0. The van der Waals surface area contributed by atoms with Gasteiger partial charge in [0.1, 0.15) is 5.75 Å². The lowest BCUT2D eigenvalue weighted by Gasteiger charge is -2.07. The fourth-order valence-electron chi connectivity index (χ4n) is 1.86. The second kappa shape index (κ2) is 5.38. The van der Waals surface area contributed by atoms with Crippen LogP contribution in [0, 0.1) is 0 Å². The Morgan fingerprint density at radius 2 is 2.00 bits per heavy atom. The van der Waals surface area contributed by atoms with Gasteiger partial charge in [-0.2, -0.15) is 0 Å². The van der Waals surface area contributed by atoms with Crippen molar-refractivity contribution in [2.45, 2.75) is 0 Å². The lowest BCUT2D eigenvalue weighted by atomic mass is 10.2. The van der Waals surface area contributed by atoms with Crippen molar-refractivity contribution in [3.63, 3.8) is 0 Å². The Kier molecular flexibility index (Phi) is 3.41. The van der Waals surface area contributed by atoms with Crippen LogP contribution in [-0.2, 0) is 0 Å². The van der Waals surface area contributed by atoms with E-state index in [1.165, 1.54) is 12.1 Å². The average molecular weight is 301 g/mol. The van der Waals surface area contributed by atoms with Gasteiger partial charge in [-0.05, 0) is 18.2 Å². The molecule has 2 heterocycles. The van der Waals surface area contributed by atoms with E-state index in [1.54, 1.807) is 12.3 Å². The summed E-state index contributed by atoms with van der Waals surface area (Å²) in [6.45, 7) is 0. The van der Waals surface area contributed by atoms with Crippen LogP contribution < -0.4 is 4.74 Å². The molecule has 0 bridgehead atoms. The van der Waals surface area contributed by atoms with Gasteiger partial charge < -0.3 is 9.84 Å². The van der Waals surface area contributed by atoms with E-state index in [0.29, 0.717) is 5.75 Å². The Morgan fingerprint density at radius 1 is 1.19 bits per heavy atom. The van der Waals surface area contributed by atoms with Crippen LogP contribution in [0.1, 0.15) is 10.5 Å². The largest absolute Gasteiger partial charge is 0.476 e. The molecule has 0 aliphatic carbocycles. The Labute approximate surface area is 124 Å². The molecule has 0 spiro atoms. The molecular formula is C15H9ClN2O3. The minimum atomic E-state index is -1.21. The fourth-order valence-corrected chi connectivity index (χ4v) is 2.04. The Balaban J connectivity index is 1.94. The van der Waals surface area contributed by atoms with E-state index in [1.807, 2.05) is 24.3 Å². The summed E-state index contributed by atoms with van der Waals surface area (Å²) in [6, 6.07) is 12.3. The minimum absolute atomic E-state index is 0.0616. The molecule has 1 aromatic carbocycles. The van der Waals surface area contributed by atoms with Gasteiger partial charge in [-0.1, -0.05) is 29.8 Å². The van der Waals surface area contributed by atoms with Gasteiger partial charge >= 0.3 is 5.97 Å². The number of hydrogen-bond donors (Lipinski definition) is 1. The molecule has 0 aliphatic heterocycles. The molecule has 2 aromatic heterocycles. The number of carbonyl (C=O) groups is 1. The van der Waals surface area contributed by atoms with Crippen molar-refractivity contribution in [1.82, 2.24) is 9.97 Å². The molecule has 5 nitrogen and oxygen atoms in total. The Hall–Kier alpha value is -2.66. The number of para-hydroxylation sites is 1. The van der Waals surface area contributed by atoms with Gasteiger partial charge in [0.25, 0.3) is 0 Å². The van der Waals surface area contributed by atoms with Crippen LogP contribution >= 0.6 is 11.6 Å². The third kappa shape index (κ3) is 2.78. The fraction of sp³-hybridized carbons (Fsp3) is 0. The number of hydrogen-bond acceptors (Lipinski definition) is 4. The van der Waals surface area contributed by atoms with Crippen molar-refractivity contribution in [1.29, 1.82) is 0 Å². The summed E-state index contributed by atoms with van der Waals surface area (Å²) in [5, 5.41) is 9.96. The molecular weight excluding hydrogens is 292 g/mol. The molecule has 0 aliphatic rings. The standard InChI is InChI=1S/C15H9ClN2O3/c16-11-5-6-13(18-14(11)15(19)20)21-10-7-9-3-1-2-4-12(9)17-8-10/h1-8H,(H,19,20). The van der Waals surface area contributed by atoms with Crippen LogP contribution in [-0.4, -0.2) is 21.0 Å². The van der Waals surface area contributed by atoms with E-state index in [0.717, 1.165) is 10.9 Å². The smallest absolute Gasteiger partial charge is 0.356 e. The van der Waals surface area contributed by atoms with Crippen molar-refractivity contribution in [3.8, 4) is 11.6 Å². The number of rotatable bonds is 3. The van der Waals surface area contributed by atoms with Gasteiger partial charge in [-0.15, -0.1) is 0 Å². The molecule has 0 unspecified atom stereocenters. The van der Waals surface area contributed by atoms with Crippen molar-refractivity contribution >= 4 is 28.5 Å². The zero-order valence-corrected chi connectivity index (χ0v) is 11.4. The molecule has 3 rings (SSSR count). The number of halogens is 1. The highest BCUT2D eigenvalue weighted by Crippen LogP contribution is 2.25. The number of carboxylic acid groups (broad SMARTS) is 1. The van der Waals surface area contributed by atoms with E-state index < -0.39 is 5.97 Å². The quantitative estimate of drug-likeness (QED) is 0.797. The van der Waals surface area contributed by atoms with Crippen LogP contribution in [0.5, 0.6) is 11.6 Å². The highest BCUT2D eigenvalue weighted by Gasteiger charge is 2.12. The molecule has 0 saturated carbocycles. The van der Waals surface area contributed by atoms with Crippen LogP contribution in [0.3, 0.4) is 0 Å². The number of nitrogens with zero attached hydrogens (tertiary/aromatic N) is 2. The predicted molar refractivity (Wildman–Crippen MR) is 78.0 cm³/mol. The molecule has 0 atom stereocenters. The van der Waals surface area contributed by atoms with Crippen molar-refractivity contribution in [3.05, 3.63) is 59.4 Å². The Morgan fingerprint density at radius 3 is 2.81 bits per heavy atom. The summed E-state index contributed by atoms with van der Waals surface area (Å²) in [4.78, 5) is 19.1. The van der Waals surface area contributed by atoms with Gasteiger partial charge in [0.2, 0.25) is 5.88 Å². The van der Waals surface area contributed by atoms with Crippen molar-refractivity contribution in [2.24, 2.45) is 0 Å². The van der Waals surface area contributed by atoms with E-state index in [9.17, 15) is 4.79 Å². The topological polar surface area (TPSA) is 72.3 Å². The highest BCUT2D eigenvalue weighted by molar-refractivity contribution is 6.33. The summed E-state index contributed by atoms with van der Waals surface area (Å²) in [6.07, 6.45) is 1.55. The van der Waals surface area contributed by atoms with E-state index in [4.69, 9.17) is 21.4 Å². The summed E-state index contributed by atoms with van der Waals surface area (Å²) < 4.78 is 5.54. The maximum absolute atomic E-state index is 11.0. The number of benzene rings is 1. The number of pyridine rings is 2. The molecule has 0 saturated heterocycles. The van der Waals surface area contributed by atoms with Gasteiger partial charge in [-0.25, -0.2) is 9.78 Å². The van der Waals surface area contributed by atoms with Gasteiger partial charge in [0.15, 0.2) is 5.69 Å². The second-order valence-corrected chi connectivity index (χ2v) is 4.66. The van der Waals surface area contributed by atoms with E-state index >= 15 is 0 Å². The molecule has 104 valence electrons. The van der Waals surface area contributed by atoms with E-state index in [2.05, 4.69) is 9.97 Å². The summed E-state index contributed by atoms with van der Waals surface area (Å²) in [5.41, 5.74) is 0.600. The number of aromatic nitrogens is 2. The van der Waals surface area contributed by atoms with Gasteiger partial charge in [-0.3, -0.25) is 4.98 Å². The first-order valence-electron chi connectivity index (χ1n) is 6.06. The van der Waals surface area contributed by atoms with Gasteiger partial charge in [0, 0.05) is 11.5 Å². The van der Waals surface area contributed by atoms with Gasteiger partial charge in [0.05, 0.1) is 16.7 Å². The van der Waals surface area contributed by atoms with E-state index in [-0.39, 0.29) is 16.6 Å². The van der Waals surface area contributed by atoms with Crippen molar-refractivity contribution < 1.29 is 14.6 Å². The molecule has 1 N–H and O–H groups in total. The normalized spacial score (nSPS) is 10.5. The predicted octanol–water partition coefficient (Wildman–Crippen LogP) is 3.77. The van der Waals surface area contributed by atoms with Crippen LogP contribution in [0.15, 0.2) is 48.7 Å². The number of carboxylic acids is 1. The van der Waals surface area contributed by atoms with Crippen molar-refractivity contribution in [2.75, 3.05) is 0 Å². The SMILES string of the molecule is O=C(O)c1nc(Oc2cnc3ccccc3c2)ccc1Cl. The molecule has 0 radical (unpaired) electrons. The Bertz CT molecular complexity index is 836. The minimum Gasteiger partial charge on any atom is -0.476 e. The molecule has 0 fully saturated rings. The average Bonchev–Trinajstić information content (AvgIpc) is 2.49. The number of ether oxygens (including phenoxy) is 1. The first-order valence-corrected chi connectivity index (χ1v) is 6.44. The summed E-state index contributed by atoms with van der Waals surface area (Å²) in [7, 11) is 0. The first kappa shape index (κ1) is 13.3. The number of aromatic carboxylic acids is 1. The maximum Gasteiger partial charge on any atom is 0.356 e. The molecule has 6 heteroatoms. The van der Waals surface area contributed by atoms with Crippen LogP contribution in [0.2, 0.25) is 5.02 Å². The van der Waals surface area contributed by atoms with Crippen LogP contribution in [0.4, 0.5) is 0 Å². The second-order valence-electron chi connectivity index (χ2n) is 4.25.